The van der Waals surface area contributed by atoms with Crippen LogP contribution in [0.3, 0.4) is 0 Å². The fraction of sp³-hybridized carbons (Fsp3) is 0.667. The second-order valence-electron chi connectivity index (χ2n) is 6.29. The number of rotatable bonds is 5. The zero-order valence-corrected chi connectivity index (χ0v) is 14.1. The fourth-order valence-corrected chi connectivity index (χ4v) is 3.32. The minimum absolute atomic E-state index is 0.409. The van der Waals surface area contributed by atoms with Gasteiger partial charge in [0.15, 0.2) is 0 Å². The Balaban J connectivity index is 2.22. The van der Waals surface area contributed by atoms with Crippen LogP contribution in [0.2, 0.25) is 0 Å². The van der Waals surface area contributed by atoms with Gasteiger partial charge in [-0.2, -0.15) is 0 Å². The monoisotopic (exact) mass is 289 g/mol. The molecule has 0 saturated carbocycles. The Morgan fingerprint density at radius 2 is 1.86 bits per heavy atom. The third kappa shape index (κ3) is 4.29. The summed E-state index contributed by atoms with van der Waals surface area (Å²) in [6, 6.07) is 10.1. The lowest BCUT2D eigenvalue weighted by Crippen LogP contribution is -2.47. The Hall–Kier alpha value is -0.900. The number of benzene rings is 1. The summed E-state index contributed by atoms with van der Waals surface area (Å²) in [5.41, 5.74) is 2.83. The molecule has 1 aromatic carbocycles. The first-order chi connectivity index (χ1) is 10.2. The van der Waals surface area contributed by atoms with Crippen LogP contribution < -0.4 is 5.32 Å². The first-order valence-corrected chi connectivity index (χ1v) is 8.36. The van der Waals surface area contributed by atoms with E-state index in [0.717, 1.165) is 19.5 Å². The normalized spacial score (nSPS) is 23.0. The molecule has 0 bridgehead atoms. The molecule has 2 unspecified atom stereocenters. The van der Waals surface area contributed by atoms with Gasteiger partial charge in [-0.3, -0.25) is 0 Å². The highest BCUT2D eigenvalue weighted by atomic mass is 15.2. The summed E-state index contributed by atoms with van der Waals surface area (Å²) in [6.07, 6.45) is 2.37. The summed E-state index contributed by atoms with van der Waals surface area (Å²) in [7, 11) is 4.52. The van der Waals surface area contributed by atoms with E-state index in [1.54, 1.807) is 0 Å². The molecule has 118 valence electrons. The van der Waals surface area contributed by atoms with Crippen molar-refractivity contribution in [3.63, 3.8) is 0 Å². The van der Waals surface area contributed by atoms with Gasteiger partial charge in [-0.1, -0.05) is 38.1 Å². The number of hydrogen-bond acceptors (Lipinski definition) is 3. The van der Waals surface area contributed by atoms with Crippen molar-refractivity contribution in [3.8, 4) is 0 Å². The van der Waals surface area contributed by atoms with E-state index in [2.05, 4.69) is 67.3 Å². The number of aryl methyl sites for hydroxylation is 1. The third-order valence-electron chi connectivity index (χ3n) is 4.67. The van der Waals surface area contributed by atoms with Gasteiger partial charge in [-0.25, -0.2) is 0 Å². The molecular formula is C18H31N3. The van der Waals surface area contributed by atoms with Gasteiger partial charge in [0.05, 0.1) is 0 Å². The van der Waals surface area contributed by atoms with Crippen molar-refractivity contribution in [1.29, 1.82) is 0 Å². The lowest BCUT2D eigenvalue weighted by molar-refractivity contribution is 0.179. The maximum atomic E-state index is 3.72. The van der Waals surface area contributed by atoms with Crippen molar-refractivity contribution < 1.29 is 0 Å². The Morgan fingerprint density at radius 3 is 2.48 bits per heavy atom. The molecule has 1 aliphatic rings. The molecule has 2 atom stereocenters. The summed E-state index contributed by atoms with van der Waals surface area (Å²) >= 11 is 0. The van der Waals surface area contributed by atoms with Crippen LogP contribution in [-0.2, 0) is 6.42 Å². The minimum Gasteiger partial charge on any atom is -0.309 e. The standard InChI is InChI=1S/C18H31N3/c1-5-15-8-10-16(11-9-15)18(19-6-2)17-14-20(3)12-7-13-21(17)4/h8-11,17-19H,5-7,12-14H2,1-4H3. The topological polar surface area (TPSA) is 18.5 Å². The summed E-state index contributed by atoms with van der Waals surface area (Å²) in [5.74, 6) is 0. The van der Waals surface area contributed by atoms with Gasteiger partial charge in [0.25, 0.3) is 0 Å². The summed E-state index contributed by atoms with van der Waals surface area (Å²) in [5, 5.41) is 3.72. The fourth-order valence-electron chi connectivity index (χ4n) is 3.32. The van der Waals surface area contributed by atoms with E-state index in [1.807, 2.05) is 0 Å². The lowest BCUT2D eigenvalue weighted by atomic mass is 9.96. The van der Waals surface area contributed by atoms with E-state index < -0.39 is 0 Å². The van der Waals surface area contributed by atoms with Gasteiger partial charge in [0, 0.05) is 18.6 Å². The molecule has 1 N–H and O–H groups in total. The molecule has 1 saturated heterocycles. The van der Waals surface area contributed by atoms with Crippen molar-refractivity contribution in [1.82, 2.24) is 15.1 Å². The van der Waals surface area contributed by atoms with Gasteiger partial charge >= 0.3 is 0 Å². The Labute approximate surface area is 130 Å². The molecular weight excluding hydrogens is 258 g/mol. The van der Waals surface area contributed by atoms with Crippen LogP contribution in [0.25, 0.3) is 0 Å². The Bertz CT molecular complexity index is 415. The molecule has 1 heterocycles. The molecule has 3 heteroatoms. The predicted octanol–water partition coefficient (Wildman–Crippen LogP) is 2.54. The predicted molar refractivity (Wildman–Crippen MR) is 90.8 cm³/mol. The van der Waals surface area contributed by atoms with E-state index in [1.165, 1.54) is 30.6 Å². The van der Waals surface area contributed by atoms with E-state index in [9.17, 15) is 0 Å². The van der Waals surface area contributed by atoms with E-state index >= 15 is 0 Å². The second-order valence-corrected chi connectivity index (χ2v) is 6.29. The molecule has 21 heavy (non-hydrogen) atoms. The van der Waals surface area contributed by atoms with Gasteiger partial charge in [-0.05, 0) is 57.7 Å². The average molecular weight is 289 g/mol. The van der Waals surface area contributed by atoms with E-state index in [4.69, 9.17) is 0 Å². The molecule has 0 spiro atoms. The second kappa shape index (κ2) is 7.92. The van der Waals surface area contributed by atoms with Crippen LogP contribution in [0.1, 0.15) is 37.4 Å². The van der Waals surface area contributed by atoms with Crippen molar-refractivity contribution in [2.75, 3.05) is 40.3 Å². The number of likely N-dealkylation sites (N-methyl/N-ethyl adjacent to an activating group) is 3. The highest BCUT2D eigenvalue weighted by Gasteiger charge is 2.28. The Kier molecular flexibility index (Phi) is 6.22. The number of nitrogens with zero attached hydrogens (tertiary/aromatic N) is 2. The number of nitrogens with one attached hydrogen (secondary N) is 1. The summed E-state index contributed by atoms with van der Waals surface area (Å²) in [6.45, 7) is 8.94. The molecule has 0 aliphatic carbocycles. The third-order valence-corrected chi connectivity index (χ3v) is 4.67. The molecule has 0 aromatic heterocycles. The average Bonchev–Trinajstić information content (AvgIpc) is 2.66. The van der Waals surface area contributed by atoms with Crippen LogP contribution >= 0.6 is 0 Å². The first kappa shape index (κ1) is 16.5. The maximum absolute atomic E-state index is 3.72. The Morgan fingerprint density at radius 1 is 1.14 bits per heavy atom. The zero-order chi connectivity index (χ0) is 15.2. The van der Waals surface area contributed by atoms with Gasteiger partial charge in [0.1, 0.15) is 0 Å². The van der Waals surface area contributed by atoms with E-state index in [-0.39, 0.29) is 0 Å². The number of hydrogen-bond donors (Lipinski definition) is 1. The molecule has 1 fully saturated rings. The van der Waals surface area contributed by atoms with Crippen molar-refractivity contribution in [2.24, 2.45) is 0 Å². The zero-order valence-electron chi connectivity index (χ0n) is 14.1. The van der Waals surface area contributed by atoms with Crippen LogP contribution in [0.15, 0.2) is 24.3 Å². The SMILES string of the molecule is CCNC(c1ccc(CC)cc1)C1CN(C)CCCN1C. The van der Waals surface area contributed by atoms with Gasteiger partial charge in [-0.15, -0.1) is 0 Å². The lowest BCUT2D eigenvalue weighted by Gasteiger charge is -2.35. The quantitative estimate of drug-likeness (QED) is 0.898. The van der Waals surface area contributed by atoms with Crippen molar-refractivity contribution in [2.45, 2.75) is 38.8 Å². The smallest absolute Gasteiger partial charge is 0.0490 e. The van der Waals surface area contributed by atoms with Gasteiger partial charge < -0.3 is 15.1 Å². The molecule has 2 rings (SSSR count). The van der Waals surface area contributed by atoms with Crippen LogP contribution in [0, 0.1) is 0 Å². The highest BCUT2D eigenvalue weighted by molar-refractivity contribution is 5.26. The first-order valence-electron chi connectivity index (χ1n) is 8.36. The maximum Gasteiger partial charge on any atom is 0.0490 e. The summed E-state index contributed by atoms with van der Waals surface area (Å²) < 4.78 is 0. The van der Waals surface area contributed by atoms with Crippen LogP contribution in [-0.4, -0.2) is 56.1 Å². The summed E-state index contributed by atoms with van der Waals surface area (Å²) in [4.78, 5) is 5.00. The van der Waals surface area contributed by atoms with E-state index in [0.29, 0.717) is 12.1 Å². The van der Waals surface area contributed by atoms with Crippen molar-refractivity contribution >= 4 is 0 Å². The molecule has 0 amide bonds. The van der Waals surface area contributed by atoms with Gasteiger partial charge in [0.2, 0.25) is 0 Å². The molecule has 3 nitrogen and oxygen atoms in total. The van der Waals surface area contributed by atoms with Crippen LogP contribution in [0.5, 0.6) is 0 Å². The minimum atomic E-state index is 0.409. The molecule has 1 aromatic rings. The molecule has 1 aliphatic heterocycles. The largest absolute Gasteiger partial charge is 0.309 e. The highest BCUT2D eigenvalue weighted by Crippen LogP contribution is 2.23. The van der Waals surface area contributed by atoms with Crippen LogP contribution in [0.4, 0.5) is 0 Å². The van der Waals surface area contributed by atoms with Crippen molar-refractivity contribution in [3.05, 3.63) is 35.4 Å². The molecule has 0 radical (unpaired) electrons.